The van der Waals surface area contributed by atoms with Gasteiger partial charge in [0, 0.05) is 19.7 Å². The molecule has 0 amide bonds. The standard InChI is InChI=1S/C10H18N4O/c1-7-13-8(11)5-9(14-7)12-6-10(2,3)15-4/h5H,6H2,1-4H3,(H3,11,12,13,14). The molecule has 0 aromatic carbocycles. The van der Waals surface area contributed by atoms with Gasteiger partial charge in [-0.3, -0.25) is 0 Å². The lowest BCUT2D eigenvalue weighted by atomic mass is 10.1. The molecule has 1 rings (SSSR count). The minimum atomic E-state index is -0.229. The van der Waals surface area contributed by atoms with Crippen molar-refractivity contribution in [2.45, 2.75) is 26.4 Å². The summed E-state index contributed by atoms with van der Waals surface area (Å²) in [6.07, 6.45) is 0. The van der Waals surface area contributed by atoms with Crippen molar-refractivity contribution in [2.24, 2.45) is 0 Å². The van der Waals surface area contributed by atoms with Crippen LogP contribution in [0.25, 0.3) is 0 Å². The van der Waals surface area contributed by atoms with Crippen molar-refractivity contribution in [2.75, 3.05) is 24.7 Å². The first-order chi connectivity index (χ1) is 6.93. The Bertz CT molecular complexity index is 318. The number of methoxy groups -OCH3 is 1. The van der Waals surface area contributed by atoms with Gasteiger partial charge in [0.05, 0.1) is 5.60 Å². The first-order valence-corrected chi connectivity index (χ1v) is 4.83. The third-order valence-corrected chi connectivity index (χ3v) is 2.11. The van der Waals surface area contributed by atoms with Crippen LogP contribution in [0.2, 0.25) is 0 Å². The van der Waals surface area contributed by atoms with Crippen LogP contribution < -0.4 is 11.1 Å². The molecule has 3 N–H and O–H groups in total. The van der Waals surface area contributed by atoms with Crippen LogP contribution in [0.1, 0.15) is 19.7 Å². The lowest BCUT2D eigenvalue weighted by molar-refractivity contribution is 0.0343. The fraction of sp³-hybridized carbons (Fsp3) is 0.600. The third kappa shape index (κ3) is 3.71. The molecule has 0 fully saturated rings. The summed E-state index contributed by atoms with van der Waals surface area (Å²) < 4.78 is 5.28. The fourth-order valence-corrected chi connectivity index (χ4v) is 1.06. The van der Waals surface area contributed by atoms with Crippen molar-refractivity contribution in [3.63, 3.8) is 0 Å². The van der Waals surface area contributed by atoms with Crippen LogP contribution in [-0.2, 0) is 4.74 Å². The minimum absolute atomic E-state index is 0.229. The Balaban J connectivity index is 2.65. The second-order valence-electron chi connectivity index (χ2n) is 4.04. The van der Waals surface area contributed by atoms with Crippen molar-refractivity contribution in [3.8, 4) is 0 Å². The predicted octanol–water partition coefficient (Wildman–Crippen LogP) is 1.20. The van der Waals surface area contributed by atoms with E-state index >= 15 is 0 Å². The van der Waals surface area contributed by atoms with Gasteiger partial charge in [-0.2, -0.15) is 0 Å². The highest BCUT2D eigenvalue weighted by Crippen LogP contribution is 2.11. The molecule has 0 saturated carbocycles. The molecule has 0 unspecified atom stereocenters. The molecule has 0 radical (unpaired) electrons. The van der Waals surface area contributed by atoms with Crippen molar-refractivity contribution in [1.82, 2.24) is 9.97 Å². The zero-order chi connectivity index (χ0) is 11.5. The number of nitrogen functional groups attached to an aromatic ring is 1. The predicted molar refractivity (Wildman–Crippen MR) is 60.8 cm³/mol. The van der Waals surface area contributed by atoms with Crippen LogP contribution in [0.4, 0.5) is 11.6 Å². The van der Waals surface area contributed by atoms with E-state index in [4.69, 9.17) is 10.5 Å². The molecule has 15 heavy (non-hydrogen) atoms. The van der Waals surface area contributed by atoms with Gasteiger partial charge in [0.2, 0.25) is 0 Å². The SMILES string of the molecule is COC(C)(C)CNc1cc(N)nc(C)n1. The van der Waals surface area contributed by atoms with Gasteiger partial charge in [0.15, 0.2) is 0 Å². The van der Waals surface area contributed by atoms with Crippen LogP contribution in [0.5, 0.6) is 0 Å². The van der Waals surface area contributed by atoms with E-state index in [9.17, 15) is 0 Å². The maximum absolute atomic E-state index is 5.61. The smallest absolute Gasteiger partial charge is 0.131 e. The second kappa shape index (κ2) is 4.44. The Morgan fingerprint density at radius 2 is 2.13 bits per heavy atom. The number of hydrogen-bond acceptors (Lipinski definition) is 5. The molecule has 0 saturated heterocycles. The molecule has 0 atom stereocenters. The molecule has 0 aliphatic rings. The van der Waals surface area contributed by atoms with Gasteiger partial charge < -0.3 is 15.8 Å². The third-order valence-electron chi connectivity index (χ3n) is 2.11. The summed E-state index contributed by atoms with van der Waals surface area (Å²) in [5.41, 5.74) is 5.38. The van der Waals surface area contributed by atoms with Crippen LogP contribution in [0.15, 0.2) is 6.07 Å². The molecule has 1 heterocycles. The second-order valence-corrected chi connectivity index (χ2v) is 4.04. The number of nitrogens with one attached hydrogen (secondary N) is 1. The Labute approximate surface area is 90.1 Å². The average molecular weight is 210 g/mol. The molecule has 0 aliphatic carbocycles. The quantitative estimate of drug-likeness (QED) is 0.781. The van der Waals surface area contributed by atoms with E-state index in [1.165, 1.54) is 0 Å². The zero-order valence-electron chi connectivity index (χ0n) is 9.66. The van der Waals surface area contributed by atoms with Crippen molar-refractivity contribution >= 4 is 11.6 Å². The Morgan fingerprint density at radius 3 is 2.67 bits per heavy atom. The van der Waals surface area contributed by atoms with Gasteiger partial charge in [-0.1, -0.05) is 0 Å². The molecule has 5 heteroatoms. The van der Waals surface area contributed by atoms with Crippen LogP contribution in [0.3, 0.4) is 0 Å². The molecule has 0 spiro atoms. The van der Waals surface area contributed by atoms with Gasteiger partial charge in [0.1, 0.15) is 17.5 Å². The molecule has 5 nitrogen and oxygen atoms in total. The van der Waals surface area contributed by atoms with E-state index in [1.54, 1.807) is 13.2 Å². The summed E-state index contributed by atoms with van der Waals surface area (Å²) in [6, 6.07) is 1.71. The first-order valence-electron chi connectivity index (χ1n) is 4.83. The fourth-order valence-electron chi connectivity index (χ4n) is 1.06. The summed E-state index contributed by atoms with van der Waals surface area (Å²) in [5, 5.41) is 3.16. The maximum Gasteiger partial charge on any atom is 0.131 e. The zero-order valence-corrected chi connectivity index (χ0v) is 9.66. The van der Waals surface area contributed by atoms with Crippen LogP contribution in [0, 0.1) is 6.92 Å². The number of hydrogen-bond donors (Lipinski definition) is 2. The average Bonchev–Trinajstić information content (AvgIpc) is 2.14. The summed E-state index contributed by atoms with van der Waals surface area (Å²) in [6.45, 7) is 6.47. The normalized spacial score (nSPS) is 11.5. The molecule has 1 aromatic heterocycles. The lowest BCUT2D eigenvalue weighted by Gasteiger charge is -2.23. The molecule has 1 aromatic rings. The van der Waals surface area contributed by atoms with Gasteiger partial charge in [-0.05, 0) is 20.8 Å². The van der Waals surface area contributed by atoms with Gasteiger partial charge in [-0.25, -0.2) is 9.97 Å². The summed E-state index contributed by atoms with van der Waals surface area (Å²) >= 11 is 0. The van der Waals surface area contributed by atoms with Crippen molar-refractivity contribution in [3.05, 3.63) is 11.9 Å². The minimum Gasteiger partial charge on any atom is -0.384 e. The molecule has 84 valence electrons. The number of ether oxygens (including phenoxy) is 1. The van der Waals surface area contributed by atoms with E-state index in [0.717, 1.165) is 5.82 Å². The van der Waals surface area contributed by atoms with E-state index in [-0.39, 0.29) is 5.60 Å². The molecular formula is C10H18N4O. The maximum atomic E-state index is 5.61. The number of aryl methyl sites for hydroxylation is 1. The van der Waals surface area contributed by atoms with Crippen molar-refractivity contribution < 1.29 is 4.74 Å². The van der Waals surface area contributed by atoms with E-state index in [2.05, 4.69) is 15.3 Å². The van der Waals surface area contributed by atoms with E-state index in [1.807, 2.05) is 20.8 Å². The monoisotopic (exact) mass is 210 g/mol. The van der Waals surface area contributed by atoms with Crippen LogP contribution in [-0.4, -0.2) is 29.2 Å². The Kier molecular flexibility index (Phi) is 3.47. The Hall–Kier alpha value is -1.36. The van der Waals surface area contributed by atoms with Gasteiger partial charge >= 0.3 is 0 Å². The summed E-state index contributed by atoms with van der Waals surface area (Å²) in [4.78, 5) is 8.21. The highest BCUT2D eigenvalue weighted by Gasteiger charge is 2.15. The number of nitrogens with two attached hydrogens (primary N) is 1. The lowest BCUT2D eigenvalue weighted by Crippen LogP contribution is -2.32. The highest BCUT2D eigenvalue weighted by atomic mass is 16.5. The van der Waals surface area contributed by atoms with E-state index in [0.29, 0.717) is 18.2 Å². The topological polar surface area (TPSA) is 73.1 Å². The largest absolute Gasteiger partial charge is 0.384 e. The number of aromatic nitrogens is 2. The molecule has 0 aliphatic heterocycles. The number of anilines is 2. The van der Waals surface area contributed by atoms with Crippen molar-refractivity contribution in [1.29, 1.82) is 0 Å². The van der Waals surface area contributed by atoms with Gasteiger partial charge in [-0.15, -0.1) is 0 Å². The number of nitrogens with zero attached hydrogens (tertiary/aromatic N) is 2. The molecule has 0 bridgehead atoms. The van der Waals surface area contributed by atoms with E-state index < -0.39 is 0 Å². The Morgan fingerprint density at radius 1 is 1.47 bits per heavy atom. The number of rotatable bonds is 4. The molecular weight excluding hydrogens is 192 g/mol. The summed E-state index contributed by atoms with van der Waals surface area (Å²) in [7, 11) is 1.68. The summed E-state index contributed by atoms with van der Waals surface area (Å²) in [5.74, 6) is 1.86. The highest BCUT2D eigenvalue weighted by molar-refractivity contribution is 5.44. The van der Waals surface area contributed by atoms with Crippen LogP contribution >= 0.6 is 0 Å². The first kappa shape index (κ1) is 11.7. The van der Waals surface area contributed by atoms with Gasteiger partial charge in [0.25, 0.3) is 0 Å².